The van der Waals surface area contributed by atoms with Crippen molar-refractivity contribution in [2.24, 2.45) is 0 Å². The highest BCUT2D eigenvalue weighted by molar-refractivity contribution is 6.30. The van der Waals surface area contributed by atoms with Crippen molar-refractivity contribution in [3.8, 4) is 0 Å². The Labute approximate surface area is 144 Å². The van der Waals surface area contributed by atoms with Gasteiger partial charge >= 0.3 is 0 Å². The summed E-state index contributed by atoms with van der Waals surface area (Å²) in [5.41, 5.74) is 2.89. The number of ether oxygens (including phenoxy) is 1. The van der Waals surface area contributed by atoms with Crippen LogP contribution in [0, 0.1) is 5.82 Å². The van der Waals surface area contributed by atoms with Gasteiger partial charge in [-0.15, -0.1) is 0 Å². The van der Waals surface area contributed by atoms with E-state index in [1.807, 2.05) is 28.9 Å². The number of fused-ring (bicyclic) bond motifs is 1. The highest BCUT2D eigenvalue weighted by Crippen LogP contribution is 2.23. The number of aromatic nitrogens is 2. The van der Waals surface area contributed by atoms with E-state index in [4.69, 9.17) is 16.3 Å². The van der Waals surface area contributed by atoms with Gasteiger partial charge in [-0.3, -0.25) is 4.90 Å². The van der Waals surface area contributed by atoms with Crippen LogP contribution in [-0.4, -0.2) is 34.0 Å². The molecule has 0 aliphatic carbocycles. The van der Waals surface area contributed by atoms with Crippen LogP contribution in [0.15, 0.2) is 48.8 Å². The maximum Gasteiger partial charge on any atom is 0.137 e. The Hall–Kier alpha value is -1.95. The van der Waals surface area contributed by atoms with Crippen molar-refractivity contribution in [3.63, 3.8) is 0 Å². The van der Waals surface area contributed by atoms with Crippen LogP contribution in [-0.2, 0) is 11.3 Å². The summed E-state index contributed by atoms with van der Waals surface area (Å²) in [5.74, 6) is -0.227. The SMILES string of the molecule is Fc1ccc(C2CN(Cc3cn4cc(Cl)ccc4n3)CCO2)cc1. The first kappa shape index (κ1) is 15.6. The van der Waals surface area contributed by atoms with Gasteiger partial charge < -0.3 is 9.14 Å². The second kappa shape index (κ2) is 6.51. The molecule has 0 spiro atoms. The van der Waals surface area contributed by atoms with E-state index in [1.165, 1.54) is 12.1 Å². The predicted molar refractivity (Wildman–Crippen MR) is 90.6 cm³/mol. The first-order chi connectivity index (χ1) is 11.7. The van der Waals surface area contributed by atoms with Crippen LogP contribution in [0.4, 0.5) is 4.39 Å². The van der Waals surface area contributed by atoms with Crippen molar-refractivity contribution < 1.29 is 9.13 Å². The van der Waals surface area contributed by atoms with Crippen molar-refractivity contribution >= 4 is 17.2 Å². The average Bonchev–Trinajstić information content (AvgIpc) is 2.97. The van der Waals surface area contributed by atoms with E-state index >= 15 is 0 Å². The lowest BCUT2D eigenvalue weighted by molar-refractivity contribution is -0.0332. The molecule has 4 rings (SSSR count). The largest absolute Gasteiger partial charge is 0.371 e. The molecule has 24 heavy (non-hydrogen) atoms. The molecule has 1 aliphatic heterocycles. The van der Waals surface area contributed by atoms with Crippen molar-refractivity contribution in [2.45, 2.75) is 12.6 Å². The second-order valence-corrected chi connectivity index (χ2v) is 6.43. The Morgan fingerprint density at radius 2 is 2.00 bits per heavy atom. The fourth-order valence-corrected chi connectivity index (χ4v) is 3.22. The van der Waals surface area contributed by atoms with Crippen LogP contribution >= 0.6 is 11.6 Å². The quantitative estimate of drug-likeness (QED) is 0.725. The fourth-order valence-electron chi connectivity index (χ4n) is 3.05. The minimum absolute atomic E-state index is 0.0363. The van der Waals surface area contributed by atoms with Gasteiger partial charge in [0, 0.05) is 32.0 Å². The monoisotopic (exact) mass is 345 g/mol. The summed E-state index contributed by atoms with van der Waals surface area (Å²) in [4.78, 5) is 6.94. The molecular weight excluding hydrogens is 329 g/mol. The normalized spacial score (nSPS) is 19.0. The first-order valence-corrected chi connectivity index (χ1v) is 8.28. The lowest BCUT2D eigenvalue weighted by Gasteiger charge is -2.32. The highest BCUT2D eigenvalue weighted by atomic mass is 35.5. The molecular formula is C18H17ClFN3O. The van der Waals surface area contributed by atoms with Crippen molar-refractivity contribution in [2.75, 3.05) is 19.7 Å². The van der Waals surface area contributed by atoms with E-state index in [-0.39, 0.29) is 11.9 Å². The third-order valence-corrected chi connectivity index (χ3v) is 4.47. The third kappa shape index (κ3) is 3.29. The van der Waals surface area contributed by atoms with Gasteiger partial charge in [-0.25, -0.2) is 9.37 Å². The second-order valence-electron chi connectivity index (χ2n) is 5.99. The summed E-state index contributed by atoms with van der Waals surface area (Å²) in [7, 11) is 0. The Morgan fingerprint density at radius 3 is 2.83 bits per heavy atom. The summed E-state index contributed by atoms with van der Waals surface area (Å²) in [6.07, 6.45) is 3.82. The van der Waals surface area contributed by atoms with Gasteiger partial charge in [0.1, 0.15) is 11.5 Å². The number of hydrogen-bond acceptors (Lipinski definition) is 3. The number of rotatable bonds is 3. The van der Waals surface area contributed by atoms with Crippen molar-refractivity contribution in [1.29, 1.82) is 0 Å². The van der Waals surface area contributed by atoms with Crippen LogP contribution < -0.4 is 0 Å². The lowest BCUT2D eigenvalue weighted by atomic mass is 10.1. The molecule has 1 saturated heterocycles. The van der Waals surface area contributed by atoms with E-state index < -0.39 is 0 Å². The zero-order valence-corrected chi connectivity index (χ0v) is 13.8. The van der Waals surface area contributed by atoms with Gasteiger partial charge in [-0.1, -0.05) is 23.7 Å². The summed E-state index contributed by atoms with van der Waals surface area (Å²) in [5, 5.41) is 0.689. The van der Waals surface area contributed by atoms with Gasteiger partial charge in [0.05, 0.1) is 23.4 Å². The Balaban J connectivity index is 1.48. The molecule has 0 N–H and O–H groups in total. The number of halogens is 2. The minimum Gasteiger partial charge on any atom is -0.371 e. The van der Waals surface area contributed by atoms with Crippen molar-refractivity contribution in [1.82, 2.24) is 14.3 Å². The fraction of sp³-hybridized carbons (Fsp3) is 0.278. The summed E-state index contributed by atoms with van der Waals surface area (Å²) in [6, 6.07) is 10.3. The van der Waals surface area contributed by atoms with Gasteiger partial charge in [-0.05, 0) is 29.8 Å². The van der Waals surface area contributed by atoms with Gasteiger partial charge in [-0.2, -0.15) is 0 Å². The van der Waals surface area contributed by atoms with Gasteiger partial charge in [0.25, 0.3) is 0 Å². The molecule has 0 radical (unpaired) electrons. The van der Waals surface area contributed by atoms with E-state index in [0.717, 1.165) is 36.5 Å². The molecule has 1 aromatic carbocycles. The van der Waals surface area contributed by atoms with E-state index in [0.29, 0.717) is 11.6 Å². The van der Waals surface area contributed by atoms with E-state index in [9.17, 15) is 4.39 Å². The van der Waals surface area contributed by atoms with Crippen LogP contribution in [0.2, 0.25) is 5.02 Å². The summed E-state index contributed by atoms with van der Waals surface area (Å²) in [6.45, 7) is 3.02. The van der Waals surface area contributed by atoms with Gasteiger partial charge in [0.2, 0.25) is 0 Å². The molecule has 1 aliphatic rings. The molecule has 1 atom stereocenters. The highest BCUT2D eigenvalue weighted by Gasteiger charge is 2.22. The third-order valence-electron chi connectivity index (χ3n) is 4.24. The number of pyridine rings is 1. The molecule has 3 aromatic rings. The molecule has 124 valence electrons. The Morgan fingerprint density at radius 1 is 1.17 bits per heavy atom. The molecule has 2 aromatic heterocycles. The van der Waals surface area contributed by atoms with E-state index in [1.54, 1.807) is 12.1 Å². The number of imidazole rings is 1. The van der Waals surface area contributed by atoms with Crippen LogP contribution in [0.25, 0.3) is 5.65 Å². The topological polar surface area (TPSA) is 29.8 Å². The molecule has 1 fully saturated rings. The standard InChI is InChI=1S/C18H17ClFN3O/c19-14-3-6-18-21-16(11-23(18)9-14)10-22-7-8-24-17(12-22)13-1-4-15(20)5-2-13/h1-6,9,11,17H,7-8,10,12H2. The number of benzene rings is 1. The predicted octanol–water partition coefficient (Wildman–Crippen LogP) is 3.70. The molecule has 3 heterocycles. The molecule has 4 nitrogen and oxygen atoms in total. The molecule has 0 bridgehead atoms. The first-order valence-electron chi connectivity index (χ1n) is 7.90. The summed E-state index contributed by atoms with van der Waals surface area (Å²) >= 11 is 6.02. The number of morpholine rings is 1. The molecule has 6 heteroatoms. The maximum atomic E-state index is 13.1. The van der Waals surface area contributed by atoms with E-state index in [2.05, 4.69) is 9.88 Å². The zero-order chi connectivity index (χ0) is 16.5. The molecule has 0 saturated carbocycles. The number of nitrogens with zero attached hydrogens (tertiary/aromatic N) is 3. The van der Waals surface area contributed by atoms with Crippen molar-refractivity contribution in [3.05, 3.63) is 70.9 Å². The Kier molecular flexibility index (Phi) is 4.22. The number of hydrogen-bond donors (Lipinski definition) is 0. The lowest BCUT2D eigenvalue weighted by Crippen LogP contribution is -2.37. The van der Waals surface area contributed by atoms with Gasteiger partial charge in [0.15, 0.2) is 0 Å². The maximum absolute atomic E-state index is 13.1. The van der Waals surface area contributed by atoms with Crippen LogP contribution in [0.3, 0.4) is 0 Å². The molecule has 0 amide bonds. The zero-order valence-electron chi connectivity index (χ0n) is 13.0. The molecule has 1 unspecified atom stereocenters. The average molecular weight is 346 g/mol. The van der Waals surface area contributed by atoms with Crippen LogP contribution in [0.5, 0.6) is 0 Å². The smallest absolute Gasteiger partial charge is 0.137 e. The van der Waals surface area contributed by atoms with Crippen LogP contribution in [0.1, 0.15) is 17.4 Å². The Bertz CT molecular complexity index is 849. The minimum atomic E-state index is -0.227. The summed E-state index contributed by atoms with van der Waals surface area (Å²) < 4.78 is 20.9.